The Labute approximate surface area is 80.6 Å². The Morgan fingerprint density at radius 1 is 1.46 bits per heavy atom. The summed E-state index contributed by atoms with van der Waals surface area (Å²) >= 11 is 0. The van der Waals surface area contributed by atoms with E-state index in [1.54, 1.807) is 0 Å². The quantitative estimate of drug-likeness (QED) is 0.614. The number of rotatable bonds is 1. The lowest BCUT2D eigenvalue weighted by atomic mass is 9.84. The first-order chi connectivity index (χ1) is 5.85. The van der Waals surface area contributed by atoms with Gasteiger partial charge in [-0.25, -0.2) is 0 Å². The predicted octanol–water partition coefficient (Wildman–Crippen LogP) is 1.79. The van der Waals surface area contributed by atoms with Crippen LogP contribution in [0.15, 0.2) is 0 Å². The van der Waals surface area contributed by atoms with Crippen LogP contribution in [0.2, 0.25) is 0 Å². The smallest absolute Gasteiger partial charge is 0.267 e. The monoisotopic (exact) mass is 206 g/mol. The fraction of sp³-hybridized carbons (Fsp3) is 1.00. The van der Waals surface area contributed by atoms with E-state index in [1.807, 2.05) is 13.8 Å². The molecule has 1 rings (SSSR count). The Morgan fingerprint density at radius 2 is 2.08 bits per heavy atom. The minimum Gasteiger partial charge on any atom is -0.270 e. The summed E-state index contributed by atoms with van der Waals surface area (Å²) in [5.41, 5.74) is -0.143. The molecule has 1 heterocycles. The second-order valence-corrected chi connectivity index (χ2v) is 6.27. The first kappa shape index (κ1) is 11.0. The molecule has 1 atom stereocenters. The van der Waals surface area contributed by atoms with E-state index in [1.165, 1.54) is 0 Å². The second-order valence-electron chi connectivity index (χ2n) is 4.63. The van der Waals surface area contributed by atoms with Crippen molar-refractivity contribution < 1.29 is 12.6 Å². The van der Waals surface area contributed by atoms with Crippen LogP contribution in [0.5, 0.6) is 0 Å². The Bertz CT molecular complexity index is 267. The molecule has 0 aliphatic carbocycles. The summed E-state index contributed by atoms with van der Waals surface area (Å²) in [5.74, 6) is 0.531. The third-order valence-corrected chi connectivity index (χ3v) is 4.10. The zero-order valence-corrected chi connectivity index (χ0v) is 9.36. The van der Waals surface area contributed by atoms with E-state index >= 15 is 0 Å². The van der Waals surface area contributed by atoms with Gasteiger partial charge in [0.2, 0.25) is 0 Å². The standard InChI is InChI=1S/C9H18O3S/c1-4-8-5-9(2,3)7-13(10,11)12-6-8/h8H,4-7H2,1-3H3. The highest BCUT2D eigenvalue weighted by Gasteiger charge is 2.33. The van der Waals surface area contributed by atoms with E-state index in [2.05, 4.69) is 6.92 Å². The fourth-order valence-electron chi connectivity index (χ4n) is 1.88. The van der Waals surface area contributed by atoms with E-state index in [4.69, 9.17) is 4.18 Å². The van der Waals surface area contributed by atoms with E-state index in [0.717, 1.165) is 12.8 Å². The third kappa shape index (κ3) is 3.27. The van der Waals surface area contributed by atoms with Crippen LogP contribution in [0.4, 0.5) is 0 Å². The molecule has 1 saturated heterocycles. The van der Waals surface area contributed by atoms with Crippen molar-refractivity contribution in [1.29, 1.82) is 0 Å². The van der Waals surface area contributed by atoms with Gasteiger partial charge in [-0.3, -0.25) is 4.18 Å². The molecule has 13 heavy (non-hydrogen) atoms. The summed E-state index contributed by atoms with van der Waals surface area (Å²) < 4.78 is 27.6. The minimum absolute atomic E-state index is 0.143. The molecule has 0 amide bonds. The van der Waals surface area contributed by atoms with Gasteiger partial charge in [-0.15, -0.1) is 0 Å². The van der Waals surface area contributed by atoms with Gasteiger partial charge in [0.25, 0.3) is 10.1 Å². The largest absolute Gasteiger partial charge is 0.270 e. The van der Waals surface area contributed by atoms with Gasteiger partial charge in [0.1, 0.15) is 0 Å². The molecule has 4 heteroatoms. The highest BCUT2D eigenvalue weighted by molar-refractivity contribution is 7.86. The molecule has 0 saturated carbocycles. The number of hydrogen-bond donors (Lipinski definition) is 0. The van der Waals surface area contributed by atoms with E-state index in [9.17, 15) is 8.42 Å². The number of hydrogen-bond acceptors (Lipinski definition) is 3. The molecule has 0 bridgehead atoms. The van der Waals surface area contributed by atoms with Crippen LogP contribution in [0.3, 0.4) is 0 Å². The topological polar surface area (TPSA) is 43.4 Å². The molecular weight excluding hydrogens is 188 g/mol. The van der Waals surface area contributed by atoms with Crippen molar-refractivity contribution in [2.75, 3.05) is 12.4 Å². The van der Waals surface area contributed by atoms with Gasteiger partial charge in [0, 0.05) is 0 Å². The summed E-state index contributed by atoms with van der Waals surface area (Å²) in [7, 11) is -3.27. The average Bonchev–Trinajstić information content (AvgIpc) is 2.04. The van der Waals surface area contributed by atoms with E-state index in [-0.39, 0.29) is 11.2 Å². The minimum atomic E-state index is -3.27. The first-order valence-electron chi connectivity index (χ1n) is 4.72. The van der Waals surface area contributed by atoms with Crippen LogP contribution in [0.25, 0.3) is 0 Å². The summed E-state index contributed by atoms with van der Waals surface area (Å²) in [6.45, 7) is 6.41. The van der Waals surface area contributed by atoms with Crippen molar-refractivity contribution in [2.24, 2.45) is 11.3 Å². The molecule has 0 aromatic carbocycles. The van der Waals surface area contributed by atoms with Gasteiger partial charge < -0.3 is 0 Å². The second kappa shape index (κ2) is 3.58. The molecule has 1 fully saturated rings. The fourth-order valence-corrected chi connectivity index (χ4v) is 3.44. The van der Waals surface area contributed by atoms with Crippen LogP contribution in [-0.4, -0.2) is 20.8 Å². The summed E-state index contributed by atoms with van der Waals surface area (Å²) in [5, 5.41) is 0. The summed E-state index contributed by atoms with van der Waals surface area (Å²) in [4.78, 5) is 0. The van der Waals surface area contributed by atoms with E-state index < -0.39 is 10.1 Å². The first-order valence-corrected chi connectivity index (χ1v) is 6.29. The molecule has 0 radical (unpaired) electrons. The average molecular weight is 206 g/mol. The lowest BCUT2D eigenvalue weighted by molar-refractivity contribution is 0.226. The molecule has 0 spiro atoms. The lowest BCUT2D eigenvalue weighted by Gasteiger charge is -2.23. The van der Waals surface area contributed by atoms with Crippen molar-refractivity contribution in [3.8, 4) is 0 Å². The predicted molar refractivity (Wildman–Crippen MR) is 51.9 cm³/mol. The third-order valence-electron chi connectivity index (χ3n) is 2.47. The highest BCUT2D eigenvalue weighted by atomic mass is 32.2. The van der Waals surface area contributed by atoms with Gasteiger partial charge in [-0.05, 0) is 17.8 Å². The van der Waals surface area contributed by atoms with Crippen LogP contribution in [0.1, 0.15) is 33.6 Å². The normalized spacial score (nSPS) is 32.4. The summed E-state index contributed by atoms with van der Waals surface area (Å²) in [6.07, 6.45) is 1.92. The van der Waals surface area contributed by atoms with Gasteiger partial charge in [-0.1, -0.05) is 27.2 Å². The van der Waals surface area contributed by atoms with Gasteiger partial charge in [-0.2, -0.15) is 8.42 Å². The molecule has 0 aromatic heterocycles. The van der Waals surface area contributed by atoms with Crippen LogP contribution < -0.4 is 0 Å². The van der Waals surface area contributed by atoms with Crippen LogP contribution >= 0.6 is 0 Å². The molecule has 1 unspecified atom stereocenters. The Morgan fingerprint density at radius 3 is 2.62 bits per heavy atom. The maximum absolute atomic E-state index is 11.3. The van der Waals surface area contributed by atoms with Crippen LogP contribution in [0, 0.1) is 11.3 Å². The van der Waals surface area contributed by atoms with Gasteiger partial charge >= 0.3 is 0 Å². The van der Waals surface area contributed by atoms with Gasteiger partial charge in [0.15, 0.2) is 0 Å². The van der Waals surface area contributed by atoms with Crippen molar-refractivity contribution >= 4 is 10.1 Å². The van der Waals surface area contributed by atoms with Crippen molar-refractivity contribution in [3.63, 3.8) is 0 Å². The Balaban J connectivity index is 2.81. The van der Waals surface area contributed by atoms with Crippen molar-refractivity contribution in [1.82, 2.24) is 0 Å². The molecule has 0 aromatic rings. The van der Waals surface area contributed by atoms with Crippen LogP contribution in [-0.2, 0) is 14.3 Å². The molecule has 3 nitrogen and oxygen atoms in total. The molecule has 78 valence electrons. The lowest BCUT2D eigenvalue weighted by Crippen LogP contribution is -2.23. The van der Waals surface area contributed by atoms with Crippen molar-refractivity contribution in [3.05, 3.63) is 0 Å². The zero-order valence-electron chi connectivity index (χ0n) is 8.54. The van der Waals surface area contributed by atoms with Gasteiger partial charge in [0.05, 0.1) is 12.4 Å². The Hall–Kier alpha value is -0.0900. The summed E-state index contributed by atoms with van der Waals surface area (Å²) in [6, 6.07) is 0. The van der Waals surface area contributed by atoms with Crippen molar-refractivity contribution in [2.45, 2.75) is 33.6 Å². The zero-order chi connectivity index (χ0) is 10.1. The maximum Gasteiger partial charge on any atom is 0.267 e. The highest BCUT2D eigenvalue weighted by Crippen LogP contribution is 2.32. The maximum atomic E-state index is 11.3. The molecular formula is C9H18O3S. The van der Waals surface area contributed by atoms with E-state index in [0.29, 0.717) is 12.5 Å². The Kier molecular flexibility index (Phi) is 3.02. The molecule has 1 aliphatic rings. The SMILES string of the molecule is CCC1COS(=O)(=O)CC(C)(C)C1. The molecule has 1 aliphatic heterocycles. The molecule has 0 N–H and O–H groups in total.